The number of aryl methyl sites for hydroxylation is 1. The molecule has 2 amide bonds. The Balaban J connectivity index is 2.05. The minimum absolute atomic E-state index is 0.236. The molecule has 26 heavy (non-hydrogen) atoms. The molecular formula is C20H18N2O3S. The highest BCUT2D eigenvalue weighted by molar-refractivity contribution is 7.80. The Bertz CT molecular complexity index is 967. The van der Waals surface area contributed by atoms with Gasteiger partial charge in [0.05, 0.1) is 5.56 Å². The van der Waals surface area contributed by atoms with Crippen molar-refractivity contribution in [3.8, 4) is 0 Å². The molecule has 0 saturated heterocycles. The molecule has 3 aromatic carbocycles. The number of para-hydroxylation sites is 1. The number of hydrogen-bond donors (Lipinski definition) is 4. The molecular weight excluding hydrogens is 348 g/mol. The van der Waals surface area contributed by atoms with Gasteiger partial charge in [0, 0.05) is 16.6 Å². The van der Waals surface area contributed by atoms with Crippen molar-refractivity contribution in [1.82, 2.24) is 5.48 Å². The lowest BCUT2D eigenvalue weighted by molar-refractivity contribution is 0.0708. The summed E-state index contributed by atoms with van der Waals surface area (Å²) >= 11 is 4.25. The number of carbonyl (C=O) groups excluding carboxylic acids is 2. The van der Waals surface area contributed by atoms with Crippen molar-refractivity contribution in [2.45, 2.75) is 6.42 Å². The highest BCUT2D eigenvalue weighted by Crippen LogP contribution is 2.25. The van der Waals surface area contributed by atoms with Crippen LogP contribution in [0.1, 0.15) is 26.3 Å². The summed E-state index contributed by atoms with van der Waals surface area (Å²) in [6.07, 6.45) is 0.729. The van der Waals surface area contributed by atoms with Crippen LogP contribution in [0.2, 0.25) is 0 Å². The van der Waals surface area contributed by atoms with Crippen LogP contribution in [-0.4, -0.2) is 22.8 Å². The first-order valence-corrected chi connectivity index (χ1v) is 8.75. The van der Waals surface area contributed by atoms with Crippen molar-refractivity contribution in [3.63, 3.8) is 0 Å². The Morgan fingerprint density at radius 3 is 2.19 bits per heavy atom. The average Bonchev–Trinajstić information content (AvgIpc) is 2.68. The summed E-state index contributed by atoms with van der Waals surface area (Å²) in [5.41, 5.74) is 3.94. The summed E-state index contributed by atoms with van der Waals surface area (Å²) in [5.74, 6) is -0.311. The Kier molecular flexibility index (Phi) is 5.55. The minimum Gasteiger partial charge on any atom is -0.322 e. The first-order chi connectivity index (χ1) is 12.7. The number of hydrogen-bond acceptors (Lipinski definition) is 4. The highest BCUT2D eigenvalue weighted by Gasteiger charge is 2.17. The van der Waals surface area contributed by atoms with E-state index in [1.807, 2.05) is 36.4 Å². The van der Waals surface area contributed by atoms with Gasteiger partial charge in [0.25, 0.3) is 11.8 Å². The Morgan fingerprint density at radius 1 is 0.885 bits per heavy atom. The van der Waals surface area contributed by atoms with Crippen LogP contribution in [-0.2, 0) is 6.42 Å². The monoisotopic (exact) mass is 366 g/mol. The number of amides is 2. The molecule has 0 radical (unpaired) electrons. The maximum Gasteiger partial charge on any atom is 0.275 e. The Hall–Kier alpha value is -2.83. The van der Waals surface area contributed by atoms with Crippen LogP contribution in [0.25, 0.3) is 10.8 Å². The van der Waals surface area contributed by atoms with Gasteiger partial charge >= 0.3 is 0 Å². The summed E-state index contributed by atoms with van der Waals surface area (Å²) < 4.78 is 0. The maximum atomic E-state index is 12.9. The van der Waals surface area contributed by atoms with E-state index >= 15 is 0 Å². The maximum absolute atomic E-state index is 12.9. The molecule has 3 aromatic rings. The lowest BCUT2D eigenvalue weighted by Gasteiger charge is -2.13. The zero-order valence-electron chi connectivity index (χ0n) is 13.9. The van der Waals surface area contributed by atoms with E-state index in [4.69, 9.17) is 5.21 Å². The van der Waals surface area contributed by atoms with Crippen LogP contribution < -0.4 is 10.8 Å². The standard InChI is InChI=1S/C20H18N2O3S/c23-19(21-17-10-2-1-5-13(17)11-12-26)15-8-3-6-14-7-4-9-16(18(14)15)20(24)22-25/h1-10,25-26H,11-12H2,(H,21,23)(H,22,24). The molecule has 0 heterocycles. The fourth-order valence-electron chi connectivity index (χ4n) is 2.95. The molecule has 0 fully saturated rings. The molecule has 0 aliphatic carbocycles. The largest absolute Gasteiger partial charge is 0.322 e. The van der Waals surface area contributed by atoms with E-state index in [0.29, 0.717) is 22.4 Å². The van der Waals surface area contributed by atoms with Gasteiger partial charge in [0.15, 0.2) is 0 Å². The average molecular weight is 366 g/mol. The Labute approximate surface area is 156 Å². The summed E-state index contributed by atoms with van der Waals surface area (Å²) in [5, 5.41) is 13.2. The molecule has 3 rings (SSSR count). The van der Waals surface area contributed by atoms with Gasteiger partial charge in [-0.15, -0.1) is 0 Å². The third kappa shape index (κ3) is 3.56. The second-order valence-corrected chi connectivity index (χ2v) is 6.18. The summed E-state index contributed by atoms with van der Waals surface area (Å²) in [4.78, 5) is 24.9. The number of carbonyl (C=O) groups is 2. The predicted octanol–water partition coefficient (Wildman–Crippen LogP) is 3.68. The molecule has 0 aliphatic rings. The molecule has 0 saturated carbocycles. The SMILES string of the molecule is O=C(NO)c1cccc2cccc(C(=O)Nc3ccccc3CCS)c12. The van der Waals surface area contributed by atoms with E-state index in [-0.39, 0.29) is 11.5 Å². The molecule has 0 unspecified atom stereocenters. The van der Waals surface area contributed by atoms with E-state index in [9.17, 15) is 9.59 Å². The number of rotatable bonds is 5. The zero-order valence-corrected chi connectivity index (χ0v) is 14.8. The van der Waals surface area contributed by atoms with E-state index in [1.54, 1.807) is 29.7 Å². The normalized spacial score (nSPS) is 10.5. The molecule has 3 N–H and O–H groups in total. The number of thiol groups is 1. The van der Waals surface area contributed by atoms with Crippen LogP contribution in [0.5, 0.6) is 0 Å². The van der Waals surface area contributed by atoms with Gasteiger partial charge in [-0.1, -0.05) is 42.5 Å². The van der Waals surface area contributed by atoms with Crippen LogP contribution in [0.15, 0.2) is 60.7 Å². The van der Waals surface area contributed by atoms with E-state index in [0.717, 1.165) is 17.4 Å². The van der Waals surface area contributed by atoms with E-state index in [1.165, 1.54) is 0 Å². The molecule has 132 valence electrons. The molecule has 6 heteroatoms. The number of anilines is 1. The molecule has 0 aromatic heterocycles. The fourth-order valence-corrected chi connectivity index (χ4v) is 3.19. The smallest absolute Gasteiger partial charge is 0.275 e. The summed E-state index contributed by atoms with van der Waals surface area (Å²) in [7, 11) is 0. The zero-order chi connectivity index (χ0) is 18.5. The van der Waals surface area contributed by atoms with Gasteiger partial charge in [-0.2, -0.15) is 12.6 Å². The highest BCUT2D eigenvalue weighted by atomic mass is 32.1. The number of nitrogens with one attached hydrogen (secondary N) is 2. The first kappa shape index (κ1) is 18.0. The third-order valence-electron chi connectivity index (χ3n) is 4.14. The first-order valence-electron chi connectivity index (χ1n) is 8.12. The minimum atomic E-state index is -0.661. The lowest BCUT2D eigenvalue weighted by atomic mass is 9.98. The molecule has 0 bridgehead atoms. The third-order valence-corrected chi connectivity index (χ3v) is 4.37. The Morgan fingerprint density at radius 2 is 1.54 bits per heavy atom. The number of fused-ring (bicyclic) bond motifs is 1. The van der Waals surface area contributed by atoms with Gasteiger partial charge in [-0.05, 0) is 41.3 Å². The van der Waals surface area contributed by atoms with Crippen molar-refractivity contribution in [2.75, 3.05) is 11.1 Å². The topological polar surface area (TPSA) is 78.4 Å². The number of hydroxylamine groups is 1. The van der Waals surface area contributed by atoms with Gasteiger partial charge in [-0.25, -0.2) is 5.48 Å². The van der Waals surface area contributed by atoms with Crippen molar-refractivity contribution >= 4 is 40.9 Å². The van der Waals surface area contributed by atoms with Crippen molar-refractivity contribution < 1.29 is 14.8 Å². The van der Waals surface area contributed by atoms with Crippen molar-refractivity contribution in [1.29, 1.82) is 0 Å². The molecule has 0 aliphatic heterocycles. The second kappa shape index (κ2) is 8.03. The van der Waals surface area contributed by atoms with Crippen molar-refractivity contribution in [2.24, 2.45) is 0 Å². The molecule has 5 nitrogen and oxygen atoms in total. The van der Waals surface area contributed by atoms with Gasteiger partial charge in [-0.3, -0.25) is 14.8 Å². The predicted molar refractivity (Wildman–Crippen MR) is 105 cm³/mol. The van der Waals surface area contributed by atoms with Gasteiger partial charge in [0.2, 0.25) is 0 Å². The quantitative estimate of drug-likeness (QED) is 0.316. The van der Waals surface area contributed by atoms with Crippen LogP contribution in [0.4, 0.5) is 5.69 Å². The molecule has 0 spiro atoms. The summed E-state index contributed by atoms with van der Waals surface area (Å²) in [6.45, 7) is 0. The number of benzene rings is 3. The van der Waals surface area contributed by atoms with Crippen molar-refractivity contribution in [3.05, 3.63) is 77.4 Å². The van der Waals surface area contributed by atoms with Crippen LogP contribution in [0.3, 0.4) is 0 Å². The van der Waals surface area contributed by atoms with Gasteiger partial charge in [0.1, 0.15) is 0 Å². The van der Waals surface area contributed by atoms with E-state index < -0.39 is 5.91 Å². The van der Waals surface area contributed by atoms with Crippen LogP contribution in [0, 0.1) is 0 Å². The molecule has 0 atom stereocenters. The van der Waals surface area contributed by atoms with E-state index in [2.05, 4.69) is 17.9 Å². The summed E-state index contributed by atoms with van der Waals surface area (Å²) in [6, 6.07) is 17.9. The lowest BCUT2D eigenvalue weighted by Crippen LogP contribution is -2.20. The second-order valence-electron chi connectivity index (χ2n) is 5.74. The fraction of sp³-hybridized carbons (Fsp3) is 0.100. The van der Waals surface area contributed by atoms with Gasteiger partial charge < -0.3 is 5.32 Å². The van der Waals surface area contributed by atoms with Crippen LogP contribution >= 0.6 is 12.6 Å².